The van der Waals surface area contributed by atoms with E-state index >= 15 is 0 Å². The third kappa shape index (κ3) is 5.02. The van der Waals surface area contributed by atoms with Crippen LogP contribution in [0.1, 0.15) is 31.7 Å². The Morgan fingerprint density at radius 2 is 1.71 bits per heavy atom. The Morgan fingerprint density at radius 1 is 1.10 bits per heavy atom. The molecule has 21 heavy (non-hydrogen) atoms. The Morgan fingerprint density at radius 3 is 2.24 bits per heavy atom. The maximum Gasteiger partial charge on any atom is 0.316 e. The van der Waals surface area contributed by atoms with Crippen LogP contribution in [-0.4, -0.2) is 31.4 Å². The summed E-state index contributed by atoms with van der Waals surface area (Å²) in [5.74, 6) is -2.66. The van der Waals surface area contributed by atoms with Gasteiger partial charge in [-0.15, -0.1) is 0 Å². The van der Waals surface area contributed by atoms with Crippen LogP contribution in [0, 0.1) is 5.92 Å². The van der Waals surface area contributed by atoms with E-state index in [4.69, 9.17) is 9.47 Å². The number of carbonyl (C=O) groups is 3. The summed E-state index contributed by atoms with van der Waals surface area (Å²) in [7, 11) is 0. The summed E-state index contributed by atoms with van der Waals surface area (Å²) in [6.07, 6.45) is 0.495. The molecule has 1 aromatic rings. The van der Waals surface area contributed by atoms with Crippen molar-refractivity contribution in [3.05, 3.63) is 35.9 Å². The lowest BCUT2D eigenvalue weighted by Crippen LogP contribution is -2.28. The van der Waals surface area contributed by atoms with Gasteiger partial charge in [0.1, 0.15) is 12.2 Å². The first kappa shape index (κ1) is 16.9. The highest BCUT2D eigenvalue weighted by atomic mass is 16.5. The quantitative estimate of drug-likeness (QED) is 0.417. The van der Waals surface area contributed by atoms with E-state index in [9.17, 15) is 14.4 Å². The summed E-state index contributed by atoms with van der Waals surface area (Å²) in [5, 5.41) is 0. The van der Waals surface area contributed by atoms with E-state index in [0.717, 1.165) is 5.56 Å². The molecule has 1 rings (SSSR count). The second kappa shape index (κ2) is 8.89. The third-order valence-electron chi connectivity index (χ3n) is 3.06. The molecule has 5 heteroatoms. The van der Waals surface area contributed by atoms with Crippen LogP contribution in [0.5, 0.6) is 0 Å². The first-order valence-corrected chi connectivity index (χ1v) is 6.96. The van der Waals surface area contributed by atoms with Crippen molar-refractivity contribution < 1.29 is 23.9 Å². The summed E-state index contributed by atoms with van der Waals surface area (Å²) in [6.45, 7) is 3.82. The van der Waals surface area contributed by atoms with Crippen molar-refractivity contribution in [1.82, 2.24) is 0 Å². The molecule has 2 atom stereocenters. The van der Waals surface area contributed by atoms with Crippen LogP contribution >= 0.6 is 0 Å². The summed E-state index contributed by atoms with van der Waals surface area (Å²) in [4.78, 5) is 35.0. The normalized spacial score (nSPS) is 13.0. The molecular formula is C16H20O5. The molecule has 0 fully saturated rings. The number of rotatable bonds is 8. The van der Waals surface area contributed by atoms with Crippen LogP contribution in [0.3, 0.4) is 0 Å². The molecule has 0 bridgehead atoms. The highest BCUT2D eigenvalue weighted by Crippen LogP contribution is 2.28. The molecule has 0 amide bonds. The minimum absolute atomic E-state index is 0.0416. The van der Waals surface area contributed by atoms with Gasteiger partial charge >= 0.3 is 11.9 Å². The first-order chi connectivity index (χ1) is 10.1. The highest BCUT2D eigenvalue weighted by Gasteiger charge is 2.32. The molecule has 2 unspecified atom stereocenters. The number of ether oxygens (including phenoxy) is 2. The summed E-state index contributed by atoms with van der Waals surface area (Å²) in [5.41, 5.74) is 0.732. The number of hydrogen-bond donors (Lipinski definition) is 0. The zero-order chi connectivity index (χ0) is 15.7. The molecule has 0 heterocycles. The largest absolute Gasteiger partial charge is 0.466 e. The fraction of sp³-hybridized carbons (Fsp3) is 0.438. The number of benzene rings is 1. The lowest BCUT2D eigenvalue weighted by molar-refractivity contribution is -0.151. The second-order valence-electron chi connectivity index (χ2n) is 4.44. The van der Waals surface area contributed by atoms with E-state index in [1.807, 2.05) is 6.07 Å². The van der Waals surface area contributed by atoms with E-state index in [1.54, 1.807) is 38.1 Å². The van der Waals surface area contributed by atoms with Crippen molar-refractivity contribution in [3.63, 3.8) is 0 Å². The molecule has 0 saturated carbocycles. The molecule has 0 aliphatic heterocycles. The fourth-order valence-corrected chi connectivity index (χ4v) is 2.11. The summed E-state index contributed by atoms with van der Waals surface area (Å²) >= 11 is 0. The summed E-state index contributed by atoms with van der Waals surface area (Å²) in [6, 6.07) is 8.96. The molecule has 5 nitrogen and oxygen atoms in total. The maximum absolute atomic E-state index is 11.9. The minimum Gasteiger partial charge on any atom is -0.466 e. The zero-order valence-corrected chi connectivity index (χ0v) is 12.3. The number of hydrogen-bond acceptors (Lipinski definition) is 5. The molecule has 0 radical (unpaired) electrons. The average molecular weight is 292 g/mol. The van der Waals surface area contributed by atoms with Crippen molar-refractivity contribution in [3.8, 4) is 0 Å². The Hall–Kier alpha value is -2.17. The Bertz CT molecular complexity index is 469. The van der Waals surface area contributed by atoms with Gasteiger partial charge in [-0.1, -0.05) is 30.3 Å². The molecule has 0 spiro atoms. The van der Waals surface area contributed by atoms with Gasteiger partial charge in [0.05, 0.1) is 19.6 Å². The SMILES string of the molecule is CCOC(=O)CC(c1ccccc1)C(C=O)C(=O)OCC. The fourth-order valence-electron chi connectivity index (χ4n) is 2.11. The number of esters is 2. The second-order valence-corrected chi connectivity index (χ2v) is 4.44. The standard InChI is InChI=1S/C16H20O5/c1-3-20-15(18)10-13(12-8-6-5-7-9-12)14(11-17)16(19)21-4-2/h5-9,11,13-14H,3-4,10H2,1-2H3. The van der Waals surface area contributed by atoms with Crippen LogP contribution in [0.4, 0.5) is 0 Å². The van der Waals surface area contributed by atoms with Crippen molar-refractivity contribution in [2.24, 2.45) is 5.92 Å². The van der Waals surface area contributed by atoms with Crippen LogP contribution in [0.25, 0.3) is 0 Å². The van der Waals surface area contributed by atoms with Crippen molar-refractivity contribution >= 4 is 18.2 Å². The van der Waals surface area contributed by atoms with Gasteiger partial charge in [-0.3, -0.25) is 9.59 Å². The predicted octanol–water partition coefficient (Wildman–Crippen LogP) is 2.10. The lowest BCUT2D eigenvalue weighted by atomic mass is 9.84. The van der Waals surface area contributed by atoms with Crippen LogP contribution in [0.15, 0.2) is 30.3 Å². The van der Waals surface area contributed by atoms with E-state index in [-0.39, 0.29) is 19.6 Å². The van der Waals surface area contributed by atoms with Gasteiger partial charge in [-0.25, -0.2) is 0 Å². The van der Waals surface area contributed by atoms with Gasteiger partial charge in [0.15, 0.2) is 0 Å². The first-order valence-electron chi connectivity index (χ1n) is 6.96. The van der Waals surface area contributed by atoms with Crippen LogP contribution < -0.4 is 0 Å². The van der Waals surface area contributed by atoms with E-state index in [2.05, 4.69) is 0 Å². The van der Waals surface area contributed by atoms with Gasteiger partial charge in [0, 0.05) is 5.92 Å². The number of carbonyl (C=O) groups excluding carboxylic acids is 3. The highest BCUT2D eigenvalue weighted by molar-refractivity contribution is 5.90. The average Bonchev–Trinajstić information content (AvgIpc) is 2.48. The van der Waals surface area contributed by atoms with E-state index in [0.29, 0.717) is 6.29 Å². The molecule has 0 N–H and O–H groups in total. The predicted molar refractivity (Wildman–Crippen MR) is 76.6 cm³/mol. The molecule has 0 aliphatic rings. The maximum atomic E-state index is 11.9. The third-order valence-corrected chi connectivity index (χ3v) is 3.06. The van der Waals surface area contributed by atoms with Gasteiger partial charge in [0.2, 0.25) is 0 Å². The van der Waals surface area contributed by atoms with Crippen molar-refractivity contribution in [2.45, 2.75) is 26.2 Å². The van der Waals surface area contributed by atoms with Gasteiger partial charge in [0.25, 0.3) is 0 Å². The lowest BCUT2D eigenvalue weighted by Gasteiger charge is -2.21. The smallest absolute Gasteiger partial charge is 0.316 e. The molecule has 0 saturated heterocycles. The van der Waals surface area contributed by atoms with Crippen LogP contribution in [0.2, 0.25) is 0 Å². The van der Waals surface area contributed by atoms with Crippen molar-refractivity contribution in [1.29, 1.82) is 0 Å². The Kier molecular flexibility index (Phi) is 7.15. The number of aldehydes is 1. The minimum atomic E-state index is -1.02. The van der Waals surface area contributed by atoms with Gasteiger partial charge in [-0.05, 0) is 19.4 Å². The topological polar surface area (TPSA) is 69.7 Å². The Labute approximate surface area is 124 Å². The van der Waals surface area contributed by atoms with Crippen molar-refractivity contribution in [2.75, 3.05) is 13.2 Å². The zero-order valence-electron chi connectivity index (χ0n) is 12.3. The molecule has 114 valence electrons. The van der Waals surface area contributed by atoms with E-state index in [1.165, 1.54) is 0 Å². The molecule has 0 aromatic heterocycles. The molecule has 0 aliphatic carbocycles. The Balaban J connectivity index is 3.02. The van der Waals surface area contributed by atoms with E-state index < -0.39 is 23.8 Å². The molecule has 1 aromatic carbocycles. The summed E-state index contributed by atoms with van der Waals surface area (Å²) < 4.78 is 9.84. The van der Waals surface area contributed by atoms with Crippen LogP contribution in [-0.2, 0) is 23.9 Å². The molecular weight excluding hydrogens is 272 g/mol. The van der Waals surface area contributed by atoms with Gasteiger partial charge in [-0.2, -0.15) is 0 Å². The van der Waals surface area contributed by atoms with Gasteiger partial charge < -0.3 is 14.3 Å². The monoisotopic (exact) mass is 292 g/mol.